The fourth-order valence-corrected chi connectivity index (χ4v) is 3.22. The van der Waals surface area contributed by atoms with Crippen molar-refractivity contribution in [3.8, 4) is 5.75 Å². The minimum absolute atomic E-state index is 0.129. The number of hydrogen-bond donors (Lipinski definition) is 0. The SMILES string of the molecule is CCn1cc(OC2CCOC3(CCCC3)C2)cn1. The van der Waals surface area contributed by atoms with E-state index in [4.69, 9.17) is 9.47 Å². The van der Waals surface area contributed by atoms with E-state index in [0.717, 1.165) is 31.7 Å². The Hall–Kier alpha value is -1.03. The Kier molecular flexibility index (Phi) is 3.29. The van der Waals surface area contributed by atoms with Gasteiger partial charge in [0.1, 0.15) is 6.10 Å². The molecule has 4 heteroatoms. The lowest BCUT2D eigenvalue weighted by molar-refractivity contribution is -0.108. The van der Waals surface area contributed by atoms with Crippen molar-refractivity contribution >= 4 is 0 Å². The molecule has 0 bridgehead atoms. The van der Waals surface area contributed by atoms with Crippen molar-refractivity contribution in [3.05, 3.63) is 12.4 Å². The molecule has 1 aromatic rings. The Labute approximate surface area is 108 Å². The topological polar surface area (TPSA) is 36.3 Å². The largest absolute Gasteiger partial charge is 0.487 e. The van der Waals surface area contributed by atoms with Gasteiger partial charge < -0.3 is 9.47 Å². The van der Waals surface area contributed by atoms with Crippen molar-refractivity contribution in [2.75, 3.05) is 6.61 Å². The number of hydrogen-bond acceptors (Lipinski definition) is 3. The van der Waals surface area contributed by atoms with Crippen LogP contribution in [0.15, 0.2) is 12.4 Å². The van der Waals surface area contributed by atoms with Gasteiger partial charge in [0.05, 0.1) is 24.6 Å². The van der Waals surface area contributed by atoms with E-state index >= 15 is 0 Å². The zero-order valence-electron chi connectivity index (χ0n) is 11.1. The number of aromatic nitrogens is 2. The second-order valence-electron chi connectivity index (χ2n) is 5.50. The van der Waals surface area contributed by atoms with Crippen molar-refractivity contribution in [1.82, 2.24) is 9.78 Å². The van der Waals surface area contributed by atoms with Gasteiger partial charge in [0.15, 0.2) is 5.75 Å². The smallest absolute Gasteiger partial charge is 0.157 e. The highest BCUT2D eigenvalue weighted by Crippen LogP contribution is 2.40. The molecular formula is C14H22N2O2. The summed E-state index contributed by atoms with van der Waals surface area (Å²) in [4.78, 5) is 0. The Morgan fingerprint density at radius 1 is 1.50 bits per heavy atom. The molecule has 1 unspecified atom stereocenters. The lowest BCUT2D eigenvalue weighted by Crippen LogP contribution is -2.41. The van der Waals surface area contributed by atoms with E-state index in [-0.39, 0.29) is 5.60 Å². The van der Waals surface area contributed by atoms with Gasteiger partial charge in [-0.15, -0.1) is 0 Å². The number of nitrogens with zero attached hydrogens (tertiary/aromatic N) is 2. The summed E-state index contributed by atoms with van der Waals surface area (Å²) in [6, 6.07) is 0. The molecule has 2 heterocycles. The van der Waals surface area contributed by atoms with E-state index in [9.17, 15) is 0 Å². The molecule has 100 valence electrons. The summed E-state index contributed by atoms with van der Waals surface area (Å²) >= 11 is 0. The third kappa shape index (κ3) is 2.39. The standard InChI is InChI=1S/C14H22N2O2/c1-2-16-11-13(10-15-16)18-12-5-8-17-14(9-12)6-3-4-7-14/h10-12H,2-9H2,1H3. The van der Waals surface area contributed by atoms with Crippen LogP contribution in [0.1, 0.15) is 45.4 Å². The Balaban J connectivity index is 1.62. The van der Waals surface area contributed by atoms with Crippen LogP contribution in [0.4, 0.5) is 0 Å². The van der Waals surface area contributed by atoms with Gasteiger partial charge in [0.25, 0.3) is 0 Å². The first-order chi connectivity index (χ1) is 8.80. The summed E-state index contributed by atoms with van der Waals surface area (Å²) in [5, 5.41) is 4.25. The monoisotopic (exact) mass is 250 g/mol. The summed E-state index contributed by atoms with van der Waals surface area (Å²) in [6.45, 7) is 3.81. The molecular weight excluding hydrogens is 228 g/mol. The highest BCUT2D eigenvalue weighted by atomic mass is 16.5. The predicted octanol–water partition coefficient (Wildman–Crippen LogP) is 2.77. The molecule has 0 N–H and O–H groups in total. The lowest BCUT2D eigenvalue weighted by Gasteiger charge is -2.37. The molecule has 1 aliphatic heterocycles. The summed E-state index contributed by atoms with van der Waals surface area (Å²) < 4.78 is 14.0. The number of ether oxygens (including phenoxy) is 2. The zero-order chi connectivity index (χ0) is 12.4. The lowest BCUT2D eigenvalue weighted by atomic mass is 9.90. The van der Waals surface area contributed by atoms with Crippen LogP contribution in [0.25, 0.3) is 0 Å². The maximum Gasteiger partial charge on any atom is 0.157 e. The normalized spacial score (nSPS) is 26.6. The molecule has 2 fully saturated rings. The third-order valence-corrected chi connectivity index (χ3v) is 4.20. The molecule has 1 spiro atoms. The Morgan fingerprint density at radius 2 is 2.33 bits per heavy atom. The predicted molar refractivity (Wildman–Crippen MR) is 68.7 cm³/mol. The Morgan fingerprint density at radius 3 is 3.06 bits per heavy atom. The molecule has 3 rings (SSSR count). The molecule has 1 aliphatic carbocycles. The fourth-order valence-electron chi connectivity index (χ4n) is 3.22. The van der Waals surface area contributed by atoms with Crippen LogP contribution in [0.3, 0.4) is 0 Å². The number of aryl methyl sites for hydroxylation is 1. The maximum atomic E-state index is 6.06. The molecule has 0 aromatic carbocycles. The summed E-state index contributed by atoms with van der Waals surface area (Å²) in [5.41, 5.74) is 0.129. The molecule has 4 nitrogen and oxygen atoms in total. The average molecular weight is 250 g/mol. The van der Waals surface area contributed by atoms with Crippen molar-refractivity contribution in [3.63, 3.8) is 0 Å². The van der Waals surface area contributed by atoms with Crippen molar-refractivity contribution in [1.29, 1.82) is 0 Å². The van der Waals surface area contributed by atoms with Crippen molar-refractivity contribution in [2.24, 2.45) is 0 Å². The van der Waals surface area contributed by atoms with Gasteiger partial charge in [-0.25, -0.2) is 0 Å². The van der Waals surface area contributed by atoms with Gasteiger partial charge >= 0.3 is 0 Å². The minimum atomic E-state index is 0.129. The quantitative estimate of drug-likeness (QED) is 0.827. The van der Waals surface area contributed by atoms with Gasteiger partial charge in [-0.05, 0) is 19.8 Å². The summed E-state index contributed by atoms with van der Waals surface area (Å²) in [5.74, 6) is 0.900. The van der Waals surface area contributed by atoms with Gasteiger partial charge in [-0.1, -0.05) is 12.8 Å². The van der Waals surface area contributed by atoms with Crippen molar-refractivity contribution in [2.45, 2.75) is 63.7 Å². The second kappa shape index (κ2) is 4.92. The van der Waals surface area contributed by atoms with Gasteiger partial charge in [-0.2, -0.15) is 5.10 Å². The molecule has 1 saturated carbocycles. The van der Waals surface area contributed by atoms with Crippen molar-refractivity contribution < 1.29 is 9.47 Å². The van der Waals surface area contributed by atoms with Crippen LogP contribution in [0.2, 0.25) is 0 Å². The first-order valence-corrected chi connectivity index (χ1v) is 7.13. The van der Waals surface area contributed by atoms with Crippen LogP contribution in [-0.4, -0.2) is 28.1 Å². The van der Waals surface area contributed by atoms with Gasteiger partial charge in [-0.3, -0.25) is 4.68 Å². The van der Waals surface area contributed by atoms with Crippen LogP contribution < -0.4 is 4.74 Å². The fraction of sp³-hybridized carbons (Fsp3) is 0.786. The van der Waals surface area contributed by atoms with E-state index in [0.29, 0.717) is 6.10 Å². The van der Waals surface area contributed by atoms with E-state index in [2.05, 4.69) is 12.0 Å². The molecule has 1 atom stereocenters. The van der Waals surface area contributed by atoms with Gasteiger partial charge in [0.2, 0.25) is 0 Å². The molecule has 18 heavy (non-hydrogen) atoms. The van der Waals surface area contributed by atoms with E-state index < -0.39 is 0 Å². The third-order valence-electron chi connectivity index (χ3n) is 4.20. The molecule has 2 aliphatic rings. The van der Waals surface area contributed by atoms with Crippen LogP contribution in [0.5, 0.6) is 5.75 Å². The molecule has 1 saturated heterocycles. The Bertz CT molecular complexity index is 396. The maximum absolute atomic E-state index is 6.06. The average Bonchev–Trinajstić information content (AvgIpc) is 2.99. The van der Waals surface area contributed by atoms with Crippen LogP contribution in [0, 0.1) is 0 Å². The van der Waals surface area contributed by atoms with Gasteiger partial charge in [0, 0.05) is 19.4 Å². The van der Waals surface area contributed by atoms with Crippen LogP contribution in [-0.2, 0) is 11.3 Å². The van der Waals surface area contributed by atoms with E-state index in [1.54, 1.807) is 0 Å². The van der Waals surface area contributed by atoms with Crippen LogP contribution >= 0.6 is 0 Å². The van der Waals surface area contributed by atoms with E-state index in [1.807, 2.05) is 17.1 Å². The summed E-state index contributed by atoms with van der Waals surface area (Å²) in [6.07, 6.45) is 11.2. The minimum Gasteiger partial charge on any atom is -0.487 e. The molecule has 0 amide bonds. The molecule has 0 radical (unpaired) electrons. The first kappa shape index (κ1) is 12.0. The summed E-state index contributed by atoms with van der Waals surface area (Å²) in [7, 11) is 0. The molecule has 1 aromatic heterocycles. The number of rotatable bonds is 3. The zero-order valence-corrected chi connectivity index (χ0v) is 11.1. The highest BCUT2D eigenvalue weighted by molar-refractivity contribution is 5.12. The highest BCUT2D eigenvalue weighted by Gasteiger charge is 2.40. The second-order valence-corrected chi connectivity index (χ2v) is 5.50. The first-order valence-electron chi connectivity index (χ1n) is 7.13. The van der Waals surface area contributed by atoms with E-state index in [1.165, 1.54) is 25.7 Å².